The van der Waals surface area contributed by atoms with Crippen LogP contribution in [-0.4, -0.2) is 16.6 Å². The molecule has 5 heteroatoms. The Morgan fingerprint density at radius 1 is 1.21 bits per heavy atom. The molecule has 0 bridgehead atoms. The van der Waals surface area contributed by atoms with Crippen LogP contribution in [-0.2, 0) is 13.1 Å². The summed E-state index contributed by atoms with van der Waals surface area (Å²) in [7, 11) is 0. The minimum absolute atomic E-state index is 0.0585. The lowest BCUT2D eigenvalue weighted by Crippen LogP contribution is -2.14. The molecule has 0 fully saturated rings. The SMILES string of the molecule is N#CCOc1ccccc1CNCc1ccncn1. The van der Waals surface area contributed by atoms with E-state index in [1.165, 1.54) is 6.33 Å². The highest BCUT2D eigenvalue weighted by atomic mass is 16.5. The number of para-hydroxylation sites is 1. The van der Waals surface area contributed by atoms with Crippen molar-refractivity contribution >= 4 is 0 Å². The summed E-state index contributed by atoms with van der Waals surface area (Å²) in [4.78, 5) is 8.00. The molecule has 0 amide bonds. The van der Waals surface area contributed by atoms with Crippen molar-refractivity contribution < 1.29 is 4.74 Å². The molecule has 0 atom stereocenters. The van der Waals surface area contributed by atoms with E-state index >= 15 is 0 Å². The van der Waals surface area contributed by atoms with Gasteiger partial charge in [-0.05, 0) is 12.1 Å². The number of ether oxygens (including phenoxy) is 1. The number of nitrogens with one attached hydrogen (secondary N) is 1. The lowest BCUT2D eigenvalue weighted by Gasteiger charge is -2.09. The Hall–Kier alpha value is -2.45. The number of hydrogen-bond acceptors (Lipinski definition) is 5. The highest BCUT2D eigenvalue weighted by Crippen LogP contribution is 2.17. The van der Waals surface area contributed by atoms with Gasteiger partial charge in [0.2, 0.25) is 0 Å². The molecule has 96 valence electrons. The maximum atomic E-state index is 8.54. The van der Waals surface area contributed by atoms with Gasteiger partial charge in [0, 0.05) is 24.8 Å². The second-order valence-electron chi connectivity index (χ2n) is 3.86. The largest absolute Gasteiger partial charge is 0.478 e. The van der Waals surface area contributed by atoms with Crippen LogP contribution in [0.25, 0.3) is 0 Å². The molecule has 0 saturated carbocycles. The lowest BCUT2D eigenvalue weighted by molar-refractivity contribution is 0.362. The van der Waals surface area contributed by atoms with Crippen LogP contribution in [0.15, 0.2) is 42.9 Å². The van der Waals surface area contributed by atoms with Gasteiger partial charge in [0.25, 0.3) is 0 Å². The highest BCUT2D eigenvalue weighted by Gasteiger charge is 2.02. The first-order valence-electron chi connectivity index (χ1n) is 5.93. The first-order valence-corrected chi connectivity index (χ1v) is 5.93. The smallest absolute Gasteiger partial charge is 0.174 e. The summed E-state index contributed by atoms with van der Waals surface area (Å²) in [5.41, 5.74) is 1.96. The Morgan fingerprint density at radius 2 is 2.11 bits per heavy atom. The van der Waals surface area contributed by atoms with Gasteiger partial charge >= 0.3 is 0 Å². The van der Waals surface area contributed by atoms with Gasteiger partial charge in [-0.1, -0.05) is 18.2 Å². The third kappa shape index (κ3) is 4.05. The molecule has 0 aliphatic heterocycles. The second-order valence-corrected chi connectivity index (χ2v) is 3.86. The number of aromatic nitrogens is 2. The summed E-state index contributed by atoms with van der Waals surface area (Å²) in [6, 6.07) is 11.5. The van der Waals surface area contributed by atoms with E-state index in [1.54, 1.807) is 6.20 Å². The fourth-order valence-corrected chi connectivity index (χ4v) is 1.65. The summed E-state index contributed by atoms with van der Waals surface area (Å²) >= 11 is 0. The topological polar surface area (TPSA) is 70.8 Å². The van der Waals surface area contributed by atoms with Crippen molar-refractivity contribution in [2.75, 3.05) is 6.61 Å². The first kappa shape index (κ1) is 13.0. The van der Waals surface area contributed by atoms with Gasteiger partial charge in [0.05, 0.1) is 5.69 Å². The predicted molar refractivity (Wildman–Crippen MR) is 70.1 cm³/mol. The van der Waals surface area contributed by atoms with Crippen LogP contribution in [0.5, 0.6) is 5.75 Å². The predicted octanol–water partition coefficient (Wildman–Crippen LogP) is 1.67. The van der Waals surface area contributed by atoms with Crippen LogP contribution in [0.2, 0.25) is 0 Å². The zero-order valence-corrected chi connectivity index (χ0v) is 10.4. The van der Waals surface area contributed by atoms with Crippen molar-refractivity contribution in [3.8, 4) is 11.8 Å². The molecule has 0 aliphatic rings. The molecule has 2 rings (SSSR count). The third-order valence-corrected chi connectivity index (χ3v) is 2.53. The van der Waals surface area contributed by atoms with E-state index in [0.29, 0.717) is 13.1 Å². The fraction of sp³-hybridized carbons (Fsp3) is 0.214. The van der Waals surface area contributed by atoms with Crippen molar-refractivity contribution in [3.05, 3.63) is 54.1 Å². The number of rotatable bonds is 6. The van der Waals surface area contributed by atoms with Crippen LogP contribution < -0.4 is 10.1 Å². The number of hydrogen-bond donors (Lipinski definition) is 1. The van der Waals surface area contributed by atoms with Crippen LogP contribution in [0.3, 0.4) is 0 Å². The molecular weight excluding hydrogens is 240 g/mol. The van der Waals surface area contributed by atoms with E-state index in [9.17, 15) is 0 Å². The molecular formula is C14H14N4O. The van der Waals surface area contributed by atoms with Gasteiger partial charge in [0.15, 0.2) is 6.61 Å². The van der Waals surface area contributed by atoms with Crippen molar-refractivity contribution in [2.24, 2.45) is 0 Å². The Morgan fingerprint density at radius 3 is 2.89 bits per heavy atom. The van der Waals surface area contributed by atoms with Crippen LogP contribution in [0.4, 0.5) is 0 Å². The summed E-state index contributed by atoms with van der Waals surface area (Å²) in [6.45, 7) is 1.38. The summed E-state index contributed by atoms with van der Waals surface area (Å²) in [5.74, 6) is 0.735. The van der Waals surface area contributed by atoms with Gasteiger partial charge in [-0.25, -0.2) is 9.97 Å². The van der Waals surface area contributed by atoms with E-state index in [2.05, 4.69) is 15.3 Å². The molecule has 1 aromatic heterocycles. The standard InChI is InChI=1S/C14H14N4O/c15-6-8-19-14-4-2-1-3-12(14)9-17-10-13-5-7-16-11-18-13/h1-5,7,11,17H,8-10H2. The molecule has 0 spiro atoms. The molecule has 2 aromatic rings. The van der Waals surface area contributed by atoms with E-state index in [-0.39, 0.29) is 6.61 Å². The second kappa shape index (κ2) is 7.09. The fourth-order valence-electron chi connectivity index (χ4n) is 1.65. The van der Waals surface area contributed by atoms with Crippen molar-refractivity contribution in [1.82, 2.24) is 15.3 Å². The average Bonchev–Trinajstić information content (AvgIpc) is 2.47. The van der Waals surface area contributed by atoms with E-state index < -0.39 is 0 Å². The molecule has 0 unspecified atom stereocenters. The van der Waals surface area contributed by atoms with Gasteiger partial charge in [-0.15, -0.1) is 0 Å². The zero-order chi connectivity index (χ0) is 13.3. The number of nitrogens with zero attached hydrogens (tertiary/aromatic N) is 3. The van der Waals surface area contributed by atoms with Crippen molar-refractivity contribution in [3.63, 3.8) is 0 Å². The normalized spacial score (nSPS) is 9.84. The van der Waals surface area contributed by atoms with Crippen molar-refractivity contribution in [1.29, 1.82) is 5.26 Å². The van der Waals surface area contributed by atoms with Crippen LogP contribution >= 0.6 is 0 Å². The monoisotopic (exact) mass is 254 g/mol. The molecule has 0 saturated heterocycles. The average molecular weight is 254 g/mol. The molecule has 1 heterocycles. The summed E-state index contributed by atoms with van der Waals surface area (Å²) < 4.78 is 5.36. The third-order valence-electron chi connectivity index (χ3n) is 2.53. The van der Waals surface area contributed by atoms with Crippen molar-refractivity contribution in [2.45, 2.75) is 13.1 Å². The minimum Gasteiger partial charge on any atom is -0.478 e. The first-order chi connectivity index (χ1) is 9.40. The Labute approximate surface area is 111 Å². The molecule has 0 aliphatic carbocycles. The molecule has 19 heavy (non-hydrogen) atoms. The molecule has 1 aromatic carbocycles. The van der Waals surface area contributed by atoms with Gasteiger partial charge in [-0.3, -0.25) is 0 Å². The number of nitriles is 1. The number of benzene rings is 1. The van der Waals surface area contributed by atoms with Gasteiger partial charge < -0.3 is 10.1 Å². The highest BCUT2D eigenvalue weighted by molar-refractivity contribution is 5.33. The van der Waals surface area contributed by atoms with Crippen LogP contribution in [0, 0.1) is 11.3 Å². The Bertz CT molecular complexity index is 551. The van der Waals surface area contributed by atoms with Gasteiger partial charge in [0.1, 0.15) is 18.1 Å². The Balaban J connectivity index is 1.90. The molecule has 1 N–H and O–H groups in total. The maximum Gasteiger partial charge on any atom is 0.174 e. The summed E-state index contributed by atoms with van der Waals surface area (Å²) in [5, 5.41) is 11.8. The van der Waals surface area contributed by atoms with Gasteiger partial charge in [-0.2, -0.15) is 5.26 Å². The zero-order valence-electron chi connectivity index (χ0n) is 10.4. The summed E-state index contributed by atoms with van der Waals surface area (Å²) in [6.07, 6.45) is 3.25. The lowest BCUT2D eigenvalue weighted by atomic mass is 10.2. The molecule has 5 nitrogen and oxygen atoms in total. The van der Waals surface area contributed by atoms with Crippen LogP contribution in [0.1, 0.15) is 11.3 Å². The quantitative estimate of drug-likeness (QED) is 0.849. The minimum atomic E-state index is 0.0585. The van der Waals surface area contributed by atoms with E-state index in [4.69, 9.17) is 10.00 Å². The molecule has 0 radical (unpaired) electrons. The Kier molecular flexibility index (Phi) is 4.85. The maximum absolute atomic E-state index is 8.54. The van der Waals surface area contributed by atoms with E-state index in [1.807, 2.05) is 36.4 Å². The van der Waals surface area contributed by atoms with E-state index in [0.717, 1.165) is 17.0 Å².